The number of ether oxygens (including phenoxy) is 1. The van der Waals surface area contributed by atoms with Gasteiger partial charge in [0.25, 0.3) is 0 Å². The van der Waals surface area contributed by atoms with E-state index in [4.69, 9.17) is 10.5 Å². The van der Waals surface area contributed by atoms with Gasteiger partial charge in [0, 0.05) is 12.0 Å². The number of hydrogen-bond acceptors (Lipinski definition) is 3. The quantitative estimate of drug-likeness (QED) is 0.878. The van der Waals surface area contributed by atoms with E-state index >= 15 is 0 Å². The Kier molecular flexibility index (Phi) is 4.48. The molecule has 0 saturated heterocycles. The molecule has 3 nitrogen and oxygen atoms in total. The van der Waals surface area contributed by atoms with Gasteiger partial charge in [0.15, 0.2) is 0 Å². The van der Waals surface area contributed by atoms with Crippen molar-refractivity contribution in [2.45, 2.75) is 57.1 Å². The van der Waals surface area contributed by atoms with Crippen molar-refractivity contribution < 1.29 is 9.84 Å². The SMILES string of the molecule is CC(C)c1ccc(OC2CCCC(N)(CO)C2)cc1. The first-order chi connectivity index (χ1) is 9.02. The van der Waals surface area contributed by atoms with Crippen LogP contribution < -0.4 is 10.5 Å². The Balaban J connectivity index is 1.97. The largest absolute Gasteiger partial charge is 0.490 e. The van der Waals surface area contributed by atoms with Crippen LogP contribution in [0.3, 0.4) is 0 Å². The molecule has 2 atom stereocenters. The summed E-state index contributed by atoms with van der Waals surface area (Å²) in [6.45, 7) is 4.40. The number of rotatable bonds is 4. The maximum absolute atomic E-state index is 9.35. The highest BCUT2D eigenvalue weighted by Gasteiger charge is 2.33. The molecular weight excluding hydrogens is 238 g/mol. The molecule has 0 bridgehead atoms. The summed E-state index contributed by atoms with van der Waals surface area (Å²) < 4.78 is 6.00. The topological polar surface area (TPSA) is 55.5 Å². The van der Waals surface area contributed by atoms with E-state index in [1.54, 1.807) is 0 Å². The fraction of sp³-hybridized carbons (Fsp3) is 0.625. The molecule has 0 amide bonds. The van der Waals surface area contributed by atoms with E-state index in [-0.39, 0.29) is 12.7 Å². The average Bonchev–Trinajstić information content (AvgIpc) is 2.39. The van der Waals surface area contributed by atoms with Gasteiger partial charge >= 0.3 is 0 Å². The van der Waals surface area contributed by atoms with Gasteiger partial charge in [-0.15, -0.1) is 0 Å². The van der Waals surface area contributed by atoms with Gasteiger partial charge in [-0.3, -0.25) is 0 Å². The summed E-state index contributed by atoms with van der Waals surface area (Å²) in [5, 5.41) is 9.35. The maximum Gasteiger partial charge on any atom is 0.119 e. The lowest BCUT2D eigenvalue weighted by atomic mass is 9.81. The van der Waals surface area contributed by atoms with Gasteiger partial charge in [-0.1, -0.05) is 26.0 Å². The fourth-order valence-electron chi connectivity index (χ4n) is 2.71. The second kappa shape index (κ2) is 5.93. The van der Waals surface area contributed by atoms with Crippen molar-refractivity contribution in [1.29, 1.82) is 0 Å². The van der Waals surface area contributed by atoms with Gasteiger partial charge in [-0.25, -0.2) is 0 Å². The van der Waals surface area contributed by atoms with E-state index < -0.39 is 5.54 Å². The lowest BCUT2D eigenvalue weighted by Gasteiger charge is -2.36. The van der Waals surface area contributed by atoms with Gasteiger partial charge in [0.05, 0.1) is 6.61 Å². The molecule has 1 aliphatic rings. The Hall–Kier alpha value is -1.06. The van der Waals surface area contributed by atoms with E-state index in [0.29, 0.717) is 5.92 Å². The van der Waals surface area contributed by atoms with Crippen LogP contribution in [0.4, 0.5) is 0 Å². The summed E-state index contributed by atoms with van der Waals surface area (Å²) in [5.41, 5.74) is 7.00. The summed E-state index contributed by atoms with van der Waals surface area (Å²) >= 11 is 0. The zero-order chi connectivity index (χ0) is 13.9. The highest BCUT2D eigenvalue weighted by Crippen LogP contribution is 2.29. The number of hydrogen-bond donors (Lipinski definition) is 2. The predicted molar refractivity (Wildman–Crippen MR) is 77.4 cm³/mol. The molecule has 106 valence electrons. The molecule has 2 unspecified atom stereocenters. The molecule has 0 radical (unpaired) electrons. The Labute approximate surface area is 115 Å². The minimum absolute atomic E-state index is 0.0408. The standard InChI is InChI=1S/C16H25NO2/c1-12(2)13-5-7-14(8-6-13)19-15-4-3-9-16(17,10-15)11-18/h5-8,12,15,18H,3-4,9-11,17H2,1-2H3. The molecule has 1 aliphatic carbocycles. The smallest absolute Gasteiger partial charge is 0.119 e. The lowest BCUT2D eigenvalue weighted by molar-refractivity contribution is 0.0729. The van der Waals surface area contributed by atoms with Gasteiger partial charge in [-0.05, 0) is 42.9 Å². The molecule has 1 saturated carbocycles. The van der Waals surface area contributed by atoms with Crippen LogP contribution in [-0.2, 0) is 0 Å². The van der Waals surface area contributed by atoms with Gasteiger partial charge in [0.2, 0.25) is 0 Å². The van der Waals surface area contributed by atoms with E-state index in [9.17, 15) is 5.11 Å². The highest BCUT2D eigenvalue weighted by molar-refractivity contribution is 5.29. The van der Waals surface area contributed by atoms with Crippen LogP contribution in [0.1, 0.15) is 51.0 Å². The summed E-state index contributed by atoms with van der Waals surface area (Å²) in [6.07, 6.45) is 3.78. The lowest BCUT2D eigenvalue weighted by Crippen LogP contribution is -2.50. The molecule has 0 aromatic heterocycles. The fourth-order valence-corrected chi connectivity index (χ4v) is 2.71. The average molecular weight is 263 g/mol. The monoisotopic (exact) mass is 263 g/mol. The molecule has 0 aliphatic heterocycles. The van der Waals surface area contributed by atoms with E-state index in [1.807, 2.05) is 12.1 Å². The Bertz CT molecular complexity index is 402. The number of benzene rings is 1. The molecule has 3 heteroatoms. The summed E-state index contributed by atoms with van der Waals surface area (Å²) in [7, 11) is 0. The number of nitrogens with two attached hydrogens (primary N) is 1. The van der Waals surface area contributed by atoms with Crippen LogP contribution in [0.15, 0.2) is 24.3 Å². The van der Waals surface area contributed by atoms with Crippen molar-refractivity contribution in [2.75, 3.05) is 6.61 Å². The normalized spacial score (nSPS) is 27.5. The summed E-state index contributed by atoms with van der Waals surface area (Å²) in [5.74, 6) is 1.44. The first kappa shape index (κ1) is 14.4. The molecule has 1 aromatic rings. The molecule has 19 heavy (non-hydrogen) atoms. The van der Waals surface area contributed by atoms with Crippen LogP contribution in [0.2, 0.25) is 0 Å². The molecular formula is C16H25NO2. The van der Waals surface area contributed by atoms with Crippen LogP contribution >= 0.6 is 0 Å². The highest BCUT2D eigenvalue weighted by atomic mass is 16.5. The van der Waals surface area contributed by atoms with Crippen molar-refractivity contribution >= 4 is 0 Å². The second-order valence-corrected chi connectivity index (χ2v) is 6.08. The van der Waals surface area contributed by atoms with Gasteiger partial charge < -0.3 is 15.6 Å². The van der Waals surface area contributed by atoms with Crippen LogP contribution in [-0.4, -0.2) is 23.4 Å². The van der Waals surface area contributed by atoms with Crippen LogP contribution in [0.5, 0.6) is 5.75 Å². The van der Waals surface area contributed by atoms with Gasteiger partial charge in [-0.2, -0.15) is 0 Å². The van der Waals surface area contributed by atoms with Crippen molar-refractivity contribution in [3.8, 4) is 5.75 Å². The molecule has 0 heterocycles. The Morgan fingerprint density at radius 3 is 2.63 bits per heavy atom. The maximum atomic E-state index is 9.35. The van der Waals surface area contributed by atoms with Crippen molar-refractivity contribution in [3.05, 3.63) is 29.8 Å². The van der Waals surface area contributed by atoms with E-state index in [0.717, 1.165) is 31.4 Å². The Morgan fingerprint density at radius 2 is 2.05 bits per heavy atom. The molecule has 1 fully saturated rings. The third-order valence-corrected chi connectivity index (χ3v) is 4.00. The van der Waals surface area contributed by atoms with Crippen LogP contribution in [0.25, 0.3) is 0 Å². The Morgan fingerprint density at radius 1 is 1.37 bits per heavy atom. The predicted octanol–water partition coefficient (Wildman–Crippen LogP) is 2.82. The van der Waals surface area contributed by atoms with Crippen molar-refractivity contribution in [2.24, 2.45) is 5.73 Å². The molecule has 3 N–H and O–H groups in total. The van der Waals surface area contributed by atoms with Crippen molar-refractivity contribution in [1.82, 2.24) is 0 Å². The first-order valence-electron chi connectivity index (χ1n) is 7.19. The second-order valence-electron chi connectivity index (χ2n) is 6.08. The summed E-state index contributed by atoms with van der Waals surface area (Å²) in [4.78, 5) is 0. The zero-order valence-electron chi connectivity index (χ0n) is 11.9. The molecule has 0 spiro atoms. The van der Waals surface area contributed by atoms with Crippen molar-refractivity contribution in [3.63, 3.8) is 0 Å². The van der Waals surface area contributed by atoms with Gasteiger partial charge in [0.1, 0.15) is 11.9 Å². The summed E-state index contributed by atoms with van der Waals surface area (Å²) in [6, 6.07) is 8.29. The minimum Gasteiger partial charge on any atom is -0.490 e. The molecule has 2 rings (SSSR count). The number of aliphatic hydroxyl groups is 1. The molecule has 1 aromatic carbocycles. The van der Waals surface area contributed by atoms with Crippen LogP contribution in [0, 0.1) is 0 Å². The number of aliphatic hydroxyl groups excluding tert-OH is 1. The van der Waals surface area contributed by atoms with E-state index in [1.165, 1.54) is 5.56 Å². The minimum atomic E-state index is -0.458. The third-order valence-electron chi connectivity index (χ3n) is 4.00. The first-order valence-corrected chi connectivity index (χ1v) is 7.19. The third kappa shape index (κ3) is 3.71. The van der Waals surface area contributed by atoms with E-state index in [2.05, 4.69) is 26.0 Å². The zero-order valence-corrected chi connectivity index (χ0v) is 11.9.